The van der Waals surface area contributed by atoms with Gasteiger partial charge in [-0.15, -0.1) is 0 Å². The highest BCUT2D eigenvalue weighted by molar-refractivity contribution is 5.69. The molecule has 0 heterocycles. The molecule has 0 saturated heterocycles. The van der Waals surface area contributed by atoms with Crippen molar-refractivity contribution in [3.05, 3.63) is 35.6 Å². The Morgan fingerprint density at radius 2 is 2.00 bits per heavy atom. The van der Waals surface area contributed by atoms with Crippen molar-refractivity contribution < 1.29 is 23.8 Å². The summed E-state index contributed by atoms with van der Waals surface area (Å²) >= 11 is 0. The van der Waals surface area contributed by atoms with Crippen LogP contribution in [0, 0.1) is 5.82 Å². The van der Waals surface area contributed by atoms with E-state index >= 15 is 0 Å². The van der Waals surface area contributed by atoms with Crippen LogP contribution in [0.3, 0.4) is 0 Å². The first-order chi connectivity index (χ1) is 10.2. The Labute approximate surface area is 129 Å². The first kappa shape index (κ1) is 17.9. The third-order valence-corrected chi connectivity index (χ3v) is 2.73. The summed E-state index contributed by atoms with van der Waals surface area (Å²) in [5.41, 5.74) is -0.0226. The van der Waals surface area contributed by atoms with Crippen molar-refractivity contribution in [2.75, 3.05) is 6.54 Å². The lowest BCUT2D eigenvalue weighted by atomic mass is 10.2. The number of aliphatic carboxylic acids is 1. The number of nitrogens with zero attached hydrogens (tertiary/aromatic N) is 1. The number of carbonyl (C=O) groups excluding carboxylic acids is 1. The normalized spacial score (nSPS) is 11.1. The second kappa shape index (κ2) is 7.77. The van der Waals surface area contributed by atoms with Crippen molar-refractivity contribution >= 4 is 12.1 Å². The van der Waals surface area contributed by atoms with Gasteiger partial charge in [-0.25, -0.2) is 9.18 Å². The zero-order valence-electron chi connectivity index (χ0n) is 13.1. The second-order valence-corrected chi connectivity index (χ2v) is 6.03. The molecule has 1 aromatic rings. The molecule has 0 bridgehead atoms. The molecular weight excluding hydrogens is 289 g/mol. The van der Waals surface area contributed by atoms with Crippen molar-refractivity contribution in [3.8, 4) is 0 Å². The Kier molecular flexibility index (Phi) is 6.34. The van der Waals surface area contributed by atoms with Gasteiger partial charge in [0.2, 0.25) is 0 Å². The smallest absolute Gasteiger partial charge is 0.410 e. The Morgan fingerprint density at radius 3 is 2.55 bits per heavy atom. The molecule has 0 aliphatic heterocycles. The van der Waals surface area contributed by atoms with Crippen LogP contribution in [0.5, 0.6) is 0 Å². The van der Waals surface area contributed by atoms with Gasteiger partial charge in [0.05, 0.1) is 0 Å². The van der Waals surface area contributed by atoms with Crippen LogP contribution in [-0.2, 0) is 16.1 Å². The molecule has 0 unspecified atom stereocenters. The van der Waals surface area contributed by atoms with E-state index in [-0.39, 0.29) is 25.3 Å². The van der Waals surface area contributed by atoms with Crippen molar-refractivity contribution in [2.45, 2.75) is 45.8 Å². The van der Waals surface area contributed by atoms with Gasteiger partial charge in [-0.2, -0.15) is 0 Å². The number of carboxylic acid groups (broad SMARTS) is 1. The van der Waals surface area contributed by atoms with Crippen molar-refractivity contribution in [2.24, 2.45) is 0 Å². The van der Waals surface area contributed by atoms with Crippen molar-refractivity contribution in [3.63, 3.8) is 0 Å². The minimum absolute atomic E-state index is 0.0392. The van der Waals surface area contributed by atoms with Crippen LogP contribution in [0.15, 0.2) is 24.3 Å². The fourth-order valence-corrected chi connectivity index (χ4v) is 1.84. The minimum atomic E-state index is -0.921. The number of hydrogen-bond acceptors (Lipinski definition) is 3. The maximum absolute atomic E-state index is 13.2. The number of amides is 1. The third-order valence-electron chi connectivity index (χ3n) is 2.73. The average molecular weight is 311 g/mol. The monoisotopic (exact) mass is 311 g/mol. The lowest BCUT2D eigenvalue weighted by molar-refractivity contribution is -0.137. The topological polar surface area (TPSA) is 66.8 Å². The van der Waals surface area contributed by atoms with E-state index in [2.05, 4.69) is 0 Å². The average Bonchev–Trinajstić information content (AvgIpc) is 2.35. The zero-order valence-corrected chi connectivity index (χ0v) is 13.1. The van der Waals surface area contributed by atoms with E-state index in [1.165, 1.54) is 17.0 Å². The van der Waals surface area contributed by atoms with Crippen LogP contribution < -0.4 is 0 Å². The van der Waals surface area contributed by atoms with E-state index in [0.29, 0.717) is 12.0 Å². The van der Waals surface area contributed by atoms with Crippen molar-refractivity contribution in [1.29, 1.82) is 0 Å². The highest BCUT2D eigenvalue weighted by atomic mass is 19.1. The van der Waals surface area contributed by atoms with Gasteiger partial charge in [-0.1, -0.05) is 12.1 Å². The van der Waals surface area contributed by atoms with Crippen LogP contribution in [0.4, 0.5) is 9.18 Å². The van der Waals surface area contributed by atoms with Crippen LogP contribution in [0.25, 0.3) is 0 Å². The molecular formula is C16H22FNO4. The van der Waals surface area contributed by atoms with Gasteiger partial charge in [0.1, 0.15) is 11.4 Å². The minimum Gasteiger partial charge on any atom is -0.481 e. The lowest BCUT2D eigenvalue weighted by Crippen LogP contribution is -2.37. The molecule has 1 amide bonds. The number of ether oxygens (including phenoxy) is 1. The fraction of sp³-hybridized carbons (Fsp3) is 0.500. The molecule has 6 heteroatoms. The summed E-state index contributed by atoms with van der Waals surface area (Å²) in [7, 11) is 0. The molecule has 1 aromatic carbocycles. The Bertz CT molecular complexity index is 525. The Balaban J connectivity index is 2.76. The van der Waals surface area contributed by atoms with Gasteiger partial charge < -0.3 is 14.7 Å². The highest BCUT2D eigenvalue weighted by Gasteiger charge is 2.22. The molecule has 0 aliphatic rings. The molecule has 0 fully saturated rings. The van der Waals surface area contributed by atoms with E-state index in [4.69, 9.17) is 9.84 Å². The molecule has 5 nitrogen and oxygen atoms in total. The summed E-state index contributed by atoms with van der Waals surface area (Å²) < 4.78 is 18.5. The van der Waals surface area contributed by atoms with Crippen molar-refractivity contribution in [1.82, 2.24) is 4.90 Å². The largest absolute Gasteiger partial charge is 0.481 e. The summed E-state index contributed by atoms with van der Waals surface area (Å²) in [6.07, 6.45) is -0.269. The molecule has 0 atom stereocenters. The van der Waals surface area contributed by atoms with Crippen LogP contribution >= 0.6 is 0 Å². The molecule has 0 spiro atoms. The lowest BCUT2D eigenvalue weighted by Gasteiger charge is -2.27. The maximum Gasteiger partial charge on any atom is 0.410 e. The van der Waals surface area contributed by atoms with Crippen LogP contribution in [-0.4, -0.2) is 34.2 Å². The molecule has 0 aliphatic carbocycles. The predicted molar refractivity (Wildman–Crippen MR) is 79.9 cm³/mol. The second-order valence-electron chi connectivity index (χ2n) is 6.03. The number of carbonyl (C=O) groups is 2. The zero-order chi connectivity index (χ0) is 16.8. The van der Waals surface area contributed by atoms with E-state index in [0.717, 1.165) is 0 Å². The first-order valence-corrected chi connectivity index (χ1v) is 7.11. The van der Waals surface area contributed by atoms with E-state index in [9.17, 15) is 14.0 Å². The van der Waals surface area contributed by atoms with Gasteiger partial charge in [-0.3, -0.25) is 4.79 Å². The molecule has 122 valence electrons. The summed E-state index contributed by atoms with van der Waals surface area (Å²) in [5, 5.41) is 8.69. The first-order valence-electron chi connectivity index (χ1n) is 7.11. The quantitative estimate of drug-likeness (QED) is 0.874. The van der Waals surface area contributed by atoms with Gasteiger partial charge in [-0.05, 0) is 44.9 Å². The standard InChI is InChI=1S/C16H22FNO4/c1-16(2,3)22-15(21)18(9-5-8-14(19)20)11-12-6-4-7-13(17)10-12/h4,6-7,10H,5,8-9,11H2,1-3H3,(H,19,20). The molecule has 0 aromatic heterocycles. The van der Waals surface area contributed by atoms with Gasteiger partial charge in [0, 0.05) is 19.5 Å². The molecule has 0 radical (unpaired) electrons. The maximum atomic E-state index is 13.2. The fourth-order valence-electron chi connectivity index (χ4n) is 1.84. The molecule has 1 rings (SSSR count). The van der Waals surface area contributed by atoms with Crippen LogP contribution in [0.2, 0.25) is 0 Å². The molecule has 1 N–H and O–H groups in total. The Morgan fingerprint density at radius 1 is 1.32 bits per heavy atom. The number of halogens is 1. The molecule has 0 saturated carbocycles. The van der Waals surface area contributed by atoms with Gasteiger partial charge >= 0.3 is 12.1 Å². The van der Waals surface area contributed by atoms with Gasteiger partial charge in [0.25, 0.3) is 0 Å². The third kappa shape index (κ3) is 7.06. The number of hydrogen-bond donors (Lipinski definition) is 1. The molecule has 22 heavy (non-hydrogen) atoms. The summed E-state index contributed by atoms with van der Waals surface area (Å²) in [6.45, 7) is 5.66. The summed E-state index contributed by atoms with van der Waals surface area (Å²) in [4.78, 5) is 24.2. The SMILES string of the molecule is CC(C)(C)OC(=O)N(CCCC(=O)O)Cc1cccc(F)c1. The predicted octanol–water partition coefficient (Wildman–Crippen LogP) is 3.43. The summed E-state index contributed by atoms with van der Waals surface area (Å²) in [6, 6.07) is 5.94. The van der Waals surface area contributed by atoms with E-state index < -0.39 is 17.7 Å². The van der Waals surface area contributed by atoms with Crippen LogP contribution in [0.1, 0.15) is 39.2 Å². The summed E-state index contributed by atoms with van der Waals surface area (Å²) in [5.74, 6) is -1.30. The number of rotatable bonds is 6. The van der Waals surface area contributed by atoms with E-state index in [1.54, 1.807) is 32.9 Å². The Hall–Kier alpha value is -2.11. The van der Waals surface area contributed by atoms with E-state index in [1.807, 2.05) is 0 Å². The highest BCUT2D eigenvalue weighted by Crippen LogP contribution is 2.14. The van der Waals surface area contributed by atoms with Gasteiger partial charge in [0.15, 0.2) is 0 Å². The number of benzene rings is 1. The number of carboxylic acids is 1.